The van der Waals surface area contributed by atoms with Gasteiger partial charge in [0.25, 0.3) is 0 Å². The summed E-state index contributed by atoms with van der Waals surface area (Å²) >= 11 is 1.51. The minimum atomic E-state index is 0.298. The van der Waals surface area contributed by atoms with Crippen molar-refractivity contribution in [2.24, 2.45) is 0 Å². The van der Waals surface area contributed by atoms with Gasteiger partial charge in [0.15, 0.2) is 11.5 Å². The van der Waals surface area contributed by atoms with Crippen LogP contribution in [0.15, 0.2) is 24.5 Å². The Morgan fingerprint density at radius 2 is 1.85 bits per heavy atom. The number of hydrogen-bond acceptors (Lipinski definition) is 5. The Morgan fingerprint density at radius 3 is 2.45 bits per heavy atom. The molecule has 0 saturated carbocycles. The summed E-state index contributed by atoms with van der Waals surface area (Å²) in [6, 6.07) is 5.45. The second-order valence-corrected chi connectivity index (χ2v) is 5.57. The summed E-state index contributed by atoms with van der Waals surface area (Å²) in [5.41, 5.74) is 1.72. The summed E-state index contributed by atoms with van der Waals surface area (Å²) in [6.45, 7) is 1.88. The van der Waals surface area contributed by atoms with Crippen LogP contribution in [0, 0.1) is 6.92 Å². The Hall–Kier alpha value is -2.21. The van der Waals surface area contributed by atoms with Gasteiger partial charge in [-0.1, -0.05) is 0 Å². The van der Waals surface area contributed by atoms with E-state index in [0.29, 0.717) is 17.2 Å². The van der Waals surface area contributed by atoms with E-state index in [4.69, 9.17) is 9.47 Å². The Labute approximate surface area is 120 Å². The first kappa shape index (κ1) is 12.8. The Balaban J connectivity index is 2.22. The zero-order chi connectivity index (χ0) is 14.3. The smallest absolute Gasteiger partial charge is 0.163 e. The number of methoxy groups -OCH3 is 2. The van der Waals surface area contributed by atoms with Crippen molar-refractivity contribution in [3.8, 4) is 22.2 Å². The molecule has 0 aliphatic rings. The van der Waals surface area contributed by atoms with Gasteiger partial charge in [-0.15, -0.1) is 11.3 Å². The van der Waals surface area contributed by atoms with Gasteiger partial charge in [-0.05, 0) is 6.92 Å². The van der Waals surface area contributed by atoms with E-state index >= 15 is 0 Å². The molecule has 6 heteroatoms. The summed E-state index contributed by atoms with van der Waals surface area (Å²) in [6.07, 6.45) is 1.73. The van der Waals surface area contributed by atoms with Crippen LogP contribution in [-0.2, 0) is 0 Å². The zero-order valence-corrected chi connectivity index (χ0v) is 12.2. The van der Waals surface area contributed by atoms with E-state index in [-0.39, 0.29) is 0 Å². The molecule has 2 aromatic heterocycles. The number of aryl methyl sites for hydroxylation is 1. The lowest BCUT2D eigenvalue weighted by molar-refractivity contribution is 0.355. The third-order valence-electron chi connectivity index (χ3n) is 3.17. The number of aromatic nitrogens is 2. The predicted molar refractivity (Wildman–Crippen MR) is 78.5 cm³/mol. The molecule has 0 fully saturated rings. The number of aromatic hydroxyl groups is 1. The fourth-order valence-electron chi connectivity index (χ4n) is 2.09. The van der Waals surface area contributed by atoms with Crippen LogP contribution >= 0.6 is 11.3 Å². The standard InChI is InChI=1S/C14H14N2O3S/c1-8-11(17)6-14(20-8)16-7-15-9-4-12(18-2)13(19-3)5-10(9)16/h4-7,17H,1-3H3. The van der Waals surface area contributed by atoms with E-state index in [2.05, 4.69) is 4.98 Å². The molecule has 3 rings (SSSR count). The van der Waals surface area contributed by atoms with Gasteiger partial charge >= 0.3 is 0 Å². The van der Waals surface area contributed by atoms with Crippen molar-refractivity contribution in [3.05, 3.63) is 29.4 Å². The molecule has 0 radical (unpaired) electrons. The predicted octanol–water partition coefficient (Wildman–Crippen LogP) is 3.12. The highest BCUT2D eigenvalue weighted by Crippen LogP contribution is 2.35. The third-order valence-corrected chi connectivity index (χ3v) is 4.21. The van der Waals surface area contributed by atoms with Crippen molar-refractivity contribution in [2.75, 3.05) is 14.2 Å². The number of thiophene rings is 1. The highest BCUT2D eigenvalue weighted by atomic mass is 32.1. The number of imidazole rings is 1. The van der Waals surface area contributed by atoms with Gasteiger partial charge in [0.2, 0.25) is 0 Å². The van der Waals surface area contributed by atoms with E-state index in [0.717, 1.165) is 20.9 Å². The molecule has 20 heavy (non-hydrogen) atoms. The molecule has 5 nitrogen and oxygen atoms in total. The third kappa shape index (κ3) is 1.89. The van der Waals surface area contributed by atoms with Crippen LogP contribution in [0.25, 0.3) is 16.0 Å². The Bertz CT molecular complexity index is 757. The molecule has 0 spiro atoms. The second-order valence-electron chi connectivity index (χ2n) is 4.34. The van der Waals surface area contributed by atoms with Crippen LogP contribution in [0.1, 0.15) is 4.88 Å². The Kier molecular flexibility index (Phi) is 3.02. The first-order valence-corrected chi connectivity index (χ1v) is 6.84. The van der Waals surface area contributed by atoms with E-state index in [1.165, 1.54) is 11.3 Å². The average molecular weight is 290 g/mol. The van der Waals surface area contributed by atoms with Gasteiger partial charge in [0.1, 0.15) is 17.1 Å². The monoisotopic (exact) mass is 290 g/mol. The number of rotatable bonds is 3. The molecular weight excluding hydrogens is 276 g/mol. The molecule has 0 aliphatic carbocycles. The van der Waals surface area contributed by atoms with Gasteiger partial charge in [-0.25, -0.2) is 4.98 Å². The lowest BCUT2D eigenvalue weighted by Crippen LogP contribution is -1.92. The fraction of sp³-hybridized carbons (Fsp3) is 0.214. The van der Waals surface area contributed by atoms with Crippen molar-refractivity contribution < 1.29 is 14.6 Å². The molecular formula is C14H14N2O3S. The van der Waals surface area contributed by atoms with Crippen molar-refractivity contribution >= 4 is 22.4 Å². The van der Waals surface area contributed by atoms with Crippen LogP contribution < -0.4 is 9.47 Å². The molecule has 0 saturated heterocycles. The molecule has 0 bridgehead atoms. The lowest BCUT2D eigenvalue weighted by Gasteiger charge is -2.08. The normalized spacial score (nSPS) is 10.9. The largest absolute Gasteiger partial charge is 0.507 e. The second kappa shape index (κ2) is 4.72. The van der Waals surface area contributed by atoms with Gasteiger partial charge in [0, 0.05) is 23.1 Å². The quantitative estimate of drug-likeness (QED) is 0.805. The van der Waals surface area contributed by atoms with Crippen molar-refractivity contribution in [1.82, 2.24) is 9.55 Å². The van der Waals surface area contributed by atoms with Gasteiger partial charge in [0.05, 0.1) is 25.3 Å². The first-order chi connectivity index (χ1) is 9.63. The SMILES string of the molecule is COc1cc2ncn(-c3cc(O)c(C)s3)c2cc1OC. The summed E-state index contributed by atoms with van der Waals surface area (Å²) in [4.78, 5) is 5.25. The number of ether oxygens (including phenoxy) is 2. The number of hydrogen-bond donors (Lipinski definition) is 1. The lowest BCUT2D eigenvalue weighted by atomic mass is 10.2. The van der Waals surface area contributed by atoms with Crippen LogP contribution in [0.2, 0.25) is 0 Å². The molecule has 3 aromatic rings. The highest BCUT2D eigenvalue weighted by Gasteiger charge is 2.13. The van der Waals surface area contributed by atoms with Crippen LogP contribution in [0.4, 0.5) is 0 Å². The summed E-state index contributed by atoms with van der Waals surface area (Å²) in [7, 11) is 3.20. The minimum absolute atomic E-state index is 0.298. The van der Waals surface area contributed by atoms with Crippen LogP contribution in [0.3, 0.4) is 0 Å². The maximum atomic E-state index is 9.73. The molecule has 0 unspecified atom stereocenters. The molecule has 1 aromatic carbocycles. The maximum Gasteiger partial charge on any atom is 0.163 e. The van der Waals surface area contributed by atoms with Gasteiger partial charge in [-0.2, -0.15) is 0 Å². The average Bonchev–Trinajstić information content (AvgIpc) is 3.00. The molecule has 0 amide bonds. The van der Waals surface area contributed by atoms with Crippen molar-refractivity contribution in [3.63, 3.8) is 0 Å². The highest BCUT2D eigenvalue weighted by molar-refractivity contribution is 7.14. The van der Waals surface area contributed by atoms with E-state index < -0.39 is 0 Å². The molecule has 2 heterocycles. The minimum Gasteiger partial charge on any atom is -0.507 e. The molecule has 104 valence electrons. The van der Waals surface area contributed by atoms with E-state index in [1.54, 1.807) is 26.6 Å². The van der Waals surface area contributed by atoms with Crippen molar-refractivity contribution in [1.29, 1.82) is 0 Å². The fourth-order valence-corrected chi connectivity index (χ4v) is 2.98. The molecule has 0 atom stereocenters. The van der Waals surface area contributed by atoms with Gasteiger partial charge < -0.3 is 14.6 Å². The summed E-state index contributed by atoms with van der Waals surface area (Å²) in [5, 5.41) is 10.6. The summed E-state index contributed by atoms with van der Waals surface area (Å²) in [5.74, 6) is 1.60. The van der Waals surface area contributed by atoms with Crippen molar-refractivity contribution in [2.45, 2.75) is 6.92 Å². The Morgan fingerprint density at radius 1 is 1.15 bits per heavy atom. The van der Waals surface area contributed by atoms with Crippen LogP contribution in [0.5, 0.6) is 17.2 Å². The maximum absolute atomic E-state index is 9.73. The van der Waals surface area contributed by atoms with Crippen LogP contribution in [-0.4, -0.2) is 28.9 Å². The zero-order valence-electron chi connectivity index (χ0n) is 11.4. The van der Waals surface area contributed by atoms with E-state index in [9.17, 15) is 5.11 Å². The summed E-state index contributed by atoms with van der Waals surface area (Å²) < 4.78 is 12.5. The topological polar surface area (TPSA) is 56.5 Å². The van der Waals surface area contributed by atoms with E-state index in [1.807, 2.05) is 23.6 Å². The molecule has 0 aliphatic heterocycles. The number of nitrogens with zero attached hydrogens (tertiary/aromatic N) is 2. The van der Waals surface area contributed by atoms with Gasteiger partial charge in [-0.3, -0.25) is 4.57 Å². The number of fused-ring (bicyclic) bond motifs is 1. The molecule has 1 N–H and O–H groups in total. The first-order valence-electron chi connectivity index (χ1n) is 6.03. The number of benzene rings is 1.